The number of hydrogen-bond donors (Lipinski definition) is 0. The van der Waals surface area contributed by atoms with Gasteiger partial charge in [-0.2, -0.15) is 0 Å². The van der Waals surface area contributed by atoms with Crippen LogP contribution in [0, 0.1) is 0 Å². The van der Waals surface area contributed by atoms with Gasteiger partial charge in [-0.3, -0.25) is 4.99 Å². The summed E-state index contributed by atoms with van der Waals surface area (Å²) < 4.78 is 0. The molecule has 1 heteroatoms. The molecule has 0 bridgehead atoms. The molecular formula is C8H13N. The largest absolute Gasteiger partial charge is 0.262 e. The monoisotopic (exact) mass is 123 g/mol. The number of allylic oxidation sites excluding steroid dienone is 3. The minimum Gasteiger partial charge on any atom is -0.262 e. The average Bonchev–Trinajstić information content (AvgIpc) is 1.91. The zero-order valence-corrected chi connectivity index (χ0v) is 6.09. The summed E-state index contributed by atoms with van der Waals surface area (Å²) in [5, 5.41) is 0. The van der Waals surface area contributed by atoms with Crippen molar-refractivity contribution in [3.05, 3.63) is 24.4 Å². The summed E-state index contributed by atoms with van der Waals surface area (Å²) >= 11 is 0. The fraction of sp³-hybridized carbons (Fsp3) is 0.375. The Bertz CT molecular complexity index is 132. The fourth-order valence-corrected chi connectivity index (χ4v) is 0.518. The standard InChI is InChI=1S/C8H13N/c1-4-7-9-8(5-2)6-3/h4-5,7H,1,6H2,2-3H3/b8-5+,9-7?. The van der Waals surface area contributed by atoms with Crippen molar-refractivity contribution in [2.45, 2.75) is 20.3 Å². The first-order valence-corrected chi connectivity index (χ1v) is 3.15. The van der Waals surface area contributed by atoms with E-state index in [2.05, 4.69) is 18.5 Å². The Morgan fingerprint density at radius 2 is 2.33 bits per heavy atom. The lowest BCUT2D eigenvalue weighted by molar-refractivity contribution is 1.06. The molecule has 0 aliphatic rings. The third-order valence-corrected chi connectivity index (χ3v) is 1.04. The minimum absolute atomic E-state index is 0.987. The predicted octanol–water partition coefficient (Wildman–Crippen LogP) is 2.56. The molecule has 0 aromatic heterocycles. The highest BCUT2D eigenvalue weighted by Crippen LogP contribution is 1.99. The second kappa shape index (κ2) is 5.29. The van der Waals surface area contributed by atoms with Gasteiger partial charge >= 0.3 is 0 Å². The minimum atomic E-state index is 0.987. The molecule has 0 unspecified atom stereocenters. The number of rotatable bonds is 3. The lowest BCUT2D eigenvalue weighted by atomic mass is 10.3. The molecule has 9 heavy (non-hydrogen) atoms. The first-order chi connectivity index (χ1) is 4.35. The van der Waals surface area contributed by atoms with Crippen molar-refractivity contribution in [3.8, 4) is 0 Å². The van der Waals surface area contributed by atoms with E-state index in [0.29, 0.717) is 0 Å². The third-order valence-electron chi connectivity index (χ3n) is 1.04. The van der Waals surface area contributed by atoms with Crippen LogP contribution < -0.4 is 0 Å². The van der Waals surface area contributed by atoms with Crippen LogP contribution in [0.4, 0.5) is 0 Å². The van der Waals surface area contributed by atoms with Crippen LogP contribution in [0.1, 0.15) is 20.3 Å². The molecule has 1 nitrogen and oxygen atoms in total. The van der Waals surface area contributed by atoms with E-state index in [0.717, 1.165) is 12.1 Å². The highest BCUT2D eigenvalue weighted by molar-refractivity contribution is 5.71. The summed E-state index contributed by atoms with van der Waals surface area (Å²) in [6.07, 6.45) is 6.37. The lowest BCUT2D eigenvalue weighted by Gasteiger charge is -1.90. The van der Waals surface area contributed by atoms with Crippen molar-refractivity contribution in [2.75, 3.05) is 0 Å². The Balaban J connectivity index is 3.84. The Morgan fingerprint density at radius 1 is 1.67 bits per heavy atom. The van der Waals surface area contributed by atoms with E-state index in [1.165, 1.54) is 0 Å². The molecule has 0 amide bonds. The highest BCUT2D eigenvalue weighted by Gasteiger charge is 1.81. The normalized spacial score (nSPS) is 12.4. The zero-order chi connectivity index (χ0) is 7.11. The molecule has 0 N–H and O–H groups in total. The van der Waals surface area contributed by atoms with Gasteiger partial charge in [0.25, 0.3) is 0 Å². The average molecular weight is 123 g/mol. The quantitative estimate of drug-likeness (QED) is 0.511. The molecule has 0 rings (SSSR count). The maximum atomic E-state index is 4.10. The van der Waals surface area contributed by atoms with Gasteiger partial charge in [-0.25, -0.2) is 0 Å². The van der Waals surface area contributed by atoms with E-state index in [-0.39, 0.29) is 0 Å². The lowest BCUT2D eigenvalue weighted by Crippen LogP contribution is -1.73. The van der Waals surface area contributed by atoms with Gasteiger partial charge in [0.2, 0.25) is 0 Å². The second-order valence-corrected chi connectivity index (χ2v) is 1.65. The van der Waals surface area contributed by atoms with Crippen LogP contribution in [0.2, 0.25) is 0 Å². The molecule has 0 aromatic rings. The molecule has 0 radical (unpaired) electrons. The predicted molar refractivity (Wildman–Crippen MR) is 42.7 cm³/mol. The van der Waals surface area contributed by atoms with E-state index < -0.39 is 0 Å². The summed E-state index contributed by atoms with van der Waals surface area (Å²) in [5.41, 5.74) is 1.11. The van der Waals surface area contributed by atoms with E-state index in [1.54, 1.807) is 12.3 Å². The molecule has 0 aliphatic carbocycles. The Labute approximate surface area is 56.8 Å². The Kier molecular flexibility index (Phi) is 4.79. The summed E-state index contributed by atoms with van der Waals surface area (Å²) in [5.74, 6) is 0. The van der Waals surface area contributed by atoms with E-state index >= 15 is 0 Å². The molecule has 0 atom stereocenters. The van der Waals surface area contributed by atoms with Crippen LogP contribution in [0.5, 0.6) is 0 Å². The first kappa shape index (κ1) is 8.15. The highest BCUT2D eigenvalue weighted by atomic mass is 14.7. The van der Waals surface area contributed by atoms with Crippen molar-refractivity contribution < 1.29 is 0 Å². The van der Waals surface area contributed by atoms with Crippen LogP contribution in [-0.4, -0.2) is 6.21 Å². The van der Waals surface area contributed by atoms with Crippen molar-refractivity contribution in [1.82, 2.24) is 0 Å². The van der Waals surface area contributed by atoms with Gasteiger partial charge in [-0.1, -0.05) is 25.7 Å². The van der Waals surface area contributed by atoms with E-state index in [9.17, 15) is 0 Å². The topological polar surface area (TPSA) is 12.4 Å². The van der Waals surface area contributed by atoms with Gasteiger partial charge < -0.3 is 0 Å². The molecule has 0 heterocycles. The molecule has 0 saturated heterocycles. The van der Waals surface area contributed by atoms with Crippen LogP contribution in [-0.2, 0) is 0 Å². The molecule has 0 spiro atoms. The van der Waals surface area contributed by atoms with Gasteiger partial charge in [0, 0.05) is 11.9 Å². The van der Waals surface area contributed by atoms with Gasteiger partial charge in [0.15, 0.2) is 0 Å². The summed E-state index contributed by atoms with van der Waals surface area (Å²) in [6.45, 7) is 7.59. The second-order valence-electron chi connectivity index (χ2n) is 1.65. The zero-order valence-electron chi connectivity index (χ0n) is 6.09. The number of nitrogens with zero attached hydrogens (tertiary/aromatic N) is 1. The van der Waals surface area contributed by atoms with Crippen LogP contribution >= 0.6 is 0 Å². The molecule has 0 fully saturated rings. The van der Waals surface area contributed by atoms with Crippen molar-refractivity contribution >= 4 is 6.21 Å². The number of aliphatic imine (C=N–C) groups is 1. The van der Waals surface area contributed by atoms with Gasteiger partial charge in [0.1, 0.15) is 0 Å². The smallest absolute Gasteiger partial charge is 0.0358 e. The van der Waals surface area contributed by atoms with Crippen LogP contribution in [0.25, 0.3) is 0 Å². The fourth-order valence-electron chi connectivity index (χ4n) is 0.518. The van der Waals surface area contributed by atoms with Crippen LogP contribution in [0.3, 0.4) is 0 Å². The summed E-state index contributed by atoms with van der Waals surface area (Å²) in [6, 6.07) is 0. The molecule has 50 valence electrons. The SMILES string of the molecule is C=CC=N/C(=C/C)CC. The maximum Gasteiger partial charge on any atom is 0.0358 e. The first-order valence-electron chi connectivity index (χ1n) is 3.15. The Morgan fingerprint density at radius 3 is 2.67 bits per heavy atom. The van der Waals surface area contributed by atoms with E-state index in [4.69, 9.17) is 0 Å². The van der Waals surface area contributed by atoms with Crippen molar-refractivity contribution in [1.29, 1.82) is 0 Å². The molecular weight excluding hydrogens is 110 g/mol. The maximum absolute atomic E-state index is 4.10. The summed E-state index contributed by atoms with van der Waals surface area (Å²) in [7, 11) is 0. The summed E-state index contributed by atoms with van der Waals surface area (Å²) in [4.78, 5) is 4.10. The number of hydrogen-bond acceptors (Lipinski definition) is 1. The Hall–Kier alpha value is -0.850. The molecule has 0 saturated carbocycles. The van der Waals surface area contributed by atoms with Crippen molar-refractivity contribution in [3.63, 3.8) is 0 Å². The third kappa shape index (κ3) is 3.71. The molecule has 0 aliphatic heterocycles. The van der Waals surface area contributed by atoms with Crippen molar-refractivity contribution in [2.24, 2.45) is 4.99 Å². The van der Waals surface area contributed by atoms with Gasteiger partial charge in [0.05, 0.1) is 0 Å². The van der Waals surface area contributed by atoms with Gasteiger partial charge in [-0.15, -0.1) is 0 Å². The van der Waals surface area contributed by atoms with Crippen LogP contribution in [0.15, 0.2) is 29.4 Å². The van der Waals surface area contributed by atoms with E-state index in [1.807, 2.05) is 13.0 Å². The van der Waals surface area contributed by atoms with Gasteiger partial charge in [-0.05, 0) is 13.3 Å². The molecule has 0 aromatic carbocycles.